The van der Waals surface area contributed by atoms with Gasteiger partial charge in [-0.1, -0.05) is 31.4 Å². The molecule has 0 saturated heterocycles. The number of ether oxygens (including phenoxy) is 1. The van der Waals surface area contributed by atoms with E-state index < -0.39 is 0 Å². The molecule has 2 atom stereocenters. The fraction of sp³-hybridized carbons (Fsp3) is 0.632. The van der Waals surface area contributed by atoms with Crippen molar-refractivity contribution in [3.63, 3.8) is 0 Å². The van der Waals surface area contributed by atoms with Crippen LogP contribution in [0.1, 0.15) is 56.9 Å². The Morgan fingerprint density at radius 1 is 1.17 bits per heavy atom. The van der Waals surface area contributed by atoms with Crippen LogP contribution < -0.4 is 15.8 Å². The number of methoxy groups -OCH3 is 1. The van der Waals surface area contributed by atoms with E-state index in [-0.39, 0.29) is 35.8 Å². The van der Waals surface area contributed by atoms with Gasteiger partial charge < -0.3 is 15.8 Å². The van der Waals surface area contributed by atoms with Gasteiger partial charge >= 0.3 is 0 Å². The number of amides is 1. The molecule has 2 fully saturated rings. The molecule has 3 rings (SSSR count). The van der Waals surface area contributed by atoms with E-state index in [1.807, 2.05) is 12.1 Å². The van der Waals surface area contributed by atoms with Gasteiger partial charge in [-0.3, -0.25) is 4.79 Å². The molecule has 2 aliphatic rings. The first-order valence-corrected chi connectivity index (χ1v) is 8.85. The molecule has 0 aromatic heterocycles. The maximum atomic E-state index is 12.8. The van der Waals surface area contributed by atoms with Gasteiger partial charge in [-0.05, 0) is 49.8 Å². The Labute approximate surface area is 150 Å². The molecule has 1 aromatic carbocycles. The number of hydrogen-bond donors (Lipinski definition) is 2. The average Bonchev–Trinajstić information content (AvgIpc) is 3.04. The summed E-state index contributed by atoms with van der Waals surface area (Å²) in [7, 11) is 1.68. The van der Waals surface area contributed by atoms with E-state index in [0.29, 0.717) is 0 Å². The summed E-state index contributed by atoms with van der Waals surface area (Å²) in [6, 6.07) is 8.34. The molecule has 1 aromatic rings. The van der Waals surface area contributed by atoms with E-state index in [2.05, 4.69) is 17.4 Å². The zero-order valence-electron chi connectivity index (χ0n) is 14.4. The summed E-state index contributed by atoms with van der Waals surface area (Å²) in [6.45, 7) is 0. The van der Waals surface area contributed by atoms with Gasteiger partial charge in [0.1, 0.15) is 5.75 Å². The second-order valence-electron chi connectivity index (χ2n) is 7.13. The second-order valence-corrected chi connectivity index (χ2v) is 7.13. The number of nitrogens with two attached hydrogens (primary N) is 1. The molecule has 134 valence electrons. The van der Waals surface area contributed by atoms with Crippen molar-refractivity contribution >= 4 is 18.3 Å². The first-order chi connectivity index (χ1) is 11.1. The van der Waals surface area contributed by atoms with Gasteiger partial charge in [-0.15, -0.1) is 12.4 Å². The largest absolute Gasteiger partial charge is 0.497 e. The quantitative estimate of drug-likeness (QED) is 0.871. The summed E-state index contributed by atoms with van der Waals surface area (Å²) < 4.78 is 5.25. The van der Waals surface area contributed by atoms with E-state index >= 15 is 0 Å². The van der Waals surface area contributed by atoms with E-state index in [1.165, 1.54) is 5.56 Å². The fourth-order valence-corrected chi connectivity index (χ4v) is 4.18. The van der Waals surface area contributed by atoms with Crippen molar-refractivity contribution in [2.45, 2.75) is 62.9 Å². The Bertz CT molecular complexity index is 541. The number of rotatable bonds is 4. The maximum Gasteiger partial charge on any atom is 0.223 e. The minimum absolute atomic E-state index is 0. The Kier molecular flexibility index (Phi) is 6.53. The number of carbonyl (C=O) groups is 1. The summed E-state index contributed by atoms with van der Waals surface area (Å²) in [4.78, 5) is 12.8. The maximum absolute atomic E-state index is 12.8. The molecule has 24 heavy (non-hydrogen) atoms. The molecule has 0 aliphatic heterocycles. The standard InChI is InChI=1S/C19H28N2O2.ClH/c1-23-17-9-7-15(8-10-17)19(11-2-3-12-19)21-18(22)14-5-4-6-16(20)13-14;/h7-10,14,16H,2-6,11-13,20H2,1H3,(H,21,22);1H. The van der Waals surface area contributed by atoms with Gasteiger partial charge in [0.15, 0.2) is 0 Å². The van der Waals surface area contributed by atoms with Gasteiger partial charge in [0.25, 0.3) is 0 Å². The molecule has 0 bridgehead atoms. The number of carbonyl (C=O) groups excluding carboxylic acids is 1. The molecule has 2 aliphatic carbocycles. The van der Waals surface area contributed by atoms with Gasteiger partial charge in [0.2, 0.25) is 5.91 Å². The van der Waals surface area contributed by atoms with Gasteiger partial charge in [-0.25, -0.2) is 0 Å². The zero-order chi connectivity index (χ0) is 16.3. The minimum atomic E-state index is -0.203. The second kappa shape index (κ2) is 8.21. The highest BCUT2D eigenvalue weighted by Crippen LogP contribution is 2.40. The van der Waals surface area contributed by atoms with Crippen molar-refractivity contribution in [2.75, 3.05) is 7.11 Å². The number of benzene rings is 1. The number of halogens is 1. The van der Waals surface area contributed by atoms with E-state index in [1.54, 1.807) is 7.11 Å². The molecule has 4 nitrogen and oxygen atoms in total. The normalized spacial score (nSPS) is 25.6. The van der Waals surface area contributed by atoms with Crippen LogP contribution in [0.5, 0.6) is 5.75 Å². The third kappa shape index (κ3) is 4.04. The van der Waals surface area contributed by atoms with Crippen molar-refractivity contribution in [3.8, 4) is 5.75 Å². The molecule has 0 spiro atoms. The van der Waals surface area contributed by atoms with Crippen molar-refractivity contribution in [2.24, 2.45) is 11.7 Å². The van der Waals surface area contributed by atoms with E-state index in [4.69, 9.17) is 10.5 Å². The first kappa shape index (κ1) is 19.1. The summed E-state index contributed by atoms with van der Waals surface area (Å²) in [6.07, 6.45) is 8.27. The highest BCUT2D eigenvalue weighted by atomic mass is 35.5. The van der Waals surface area contributed by atoms with Crippen LogP contribution in [0.15, 0.2) is 24.3 Å². The van der Waals surface area contributed by atoms with Gasteiger partial charge in [0.05, 0.1) is 12.6 Å². The topological polar surface area (TPSA) is 64.3 Å². The smallest absolute Gasteiger partial charge is 0.223 e. The van der Waals surface area contributed by atoms with Crippen molar-refractivity contribution in [1.29, 1.82) is 0 Å². The molecule has 1 amide bonds. The molecule has 2 unspecified atom stereocenters. The lowest BCUT2D eigenvalue weighted by molar-refractivity contribution is -0.128. The van der Waals surface area contributed by atoms with Gasteiger partial charge in [0, 0.05) is 12.0 Å². The average molecular weight is 353 g/mol. The zero-order valence-corrected chi connectivity index (χ0v) is 15.2. The van der Waals surface area contributed by atoms with Crippen LogP contribution in [0.2, 0.25) is 0 Å². The molecule has 2 saturated carbocycles. The molecular formula is C19H29ClN2O2. The van der Waals surface area contributed by atoms with Crippen molar-refractivity contribution in [3.05, 3.63) is 29.8 Å². The third-order valence-electron chi connectivity index (χ3n) is 5.55. The summed E-state index contributed by atoms with van der Waals surface area (Å²) in [5.74, 6) is 1.12. The molecular weight excluding hydrogens is 324 g/mol. The Morgan fingerprint density at radius 3 is 2.42 bits per heavy atom. The monoisotopic (exact) mass is 352 g/mol. The van der Waals surface area contributed by atoms with Crippen LogP contribution in [-0.2, 0) is 10.3 Å². The Hall–Kier alpha value is -1.26. The Balaban J connectivity index is 0.00000208. The van der Waals surface area contributed by atoms with Gasteiger partial charge in [-0.2, -0.15) is 0 Å². The van der Waals surface area contributed by atoms with Crippen LogP contribution in [0, 0.1) is 5.92 Å². The SMILES string of the molecule is COc1ccc(C2(NC(=O)C3CCCC(N)C3)CCCC2)cc1.Cl. The van der Waals surface area contributed by atoms with Crippen LogP contribution in [0.3, 0.4) is 0 Å². The molecule has 0 radical (unpaired) electrons. The van der Waals surface area contributed by atoms with Crippen molar-refractivity contribution < 1.29 is 9.53 Å². The number of hydrogen-bond acceptors (Lipinski definition) is 3. The van der Waals surface area contributed by atoms with Crippen molar-refractivity contribution in [1.82, 2.24) is 5.32 Å². The predicted molar refractivity (Wildman–Crippen MR) is 98.5 cm³/mol. The van der Waals surface area contributed by atoms with E-state index in [0.717, 1.165) is 57.1 Å². The highest BCUT2D eigenvalue weighted by molar-refractivity contribution is 5.85. The molecule has 0 heterocycles. The lowest BCUT2D eigenvalue weighted by Crippen LogP contribution is -2.48. The van der Waals surface area contributed by atoms with Crippen LogP contribution >= 0.6 is 12.4 Å². The predicted octanol–water partition coefficient (Wildman–Crippen LogP) is 3.52. The third-order valence-corrected chi connectivity index (χ3v) is 5.55. The van der Waals surface area contributed by atoms with E-state index in [9.17, 15) is 4.79 Å². The lowest BCUT2D eigenvalue weighted by atomic mass is 9.83. The Morgan fingerprint density at radius 2 is 1.83 bits per heavy atom. The summed E-state index contributed by atoms with van der Waals surface area (Å²) >= 11 is 0. The highest BCUT2D eigenvalue weighted by Gasteiger charge is 2.39. The molecule has 3 N–H and O–H groups in total. The van der Waals surface area contributed by atoms with Crippen LogP contribution in [-0.4, -0.2) is 19.1 Å². The molecule has 5 heteroatoms. The summed E-state index contributed by atoms with van der Waals surface area (Å²) in [5, 5.41) is 3.40. The number of nitrogens with one attached hydrogen (secondary N) is 1. The lowest BCUT2D eigenvalue weighted by Gasteiger charge is -2.34. The van der Waals surface area contributed by atoms with Crippen LogP contribution in [0.4, 0.5) is 0 Å². The summed E-state index contributed by atoms with van der Waals surface area (Å²) in [5.41, 5.74) is 7.05. The first-order valence-electron chi connectivity index (χ1n) is 8.85. The fourth-order valence-electron chi connectivity index (χ4n) is 4.18. The van der Waals surface area contributed by atoms with Crippen LogP contribution in [0.25, 0.3) is 0 Å². The minimum Gasteiger partial charge on any atom is -0.497 e.